The number of amides is 1. The Morgan fingerprint density at radius 3 is 2.51 bits per heavy atom. The van der Waals surface area contributed by atoms with Crippen LogP contribution in [-0.4, -0.2) is 21.5 Å². The van der Waals surface area contributed by atoms with Crippen LogP contribution in [0.15, 0.2) is 65.6 Å². The van der Waals surface area contributed by atoms with Crippen LogP contribution in [0.1, 0.15) is 63.8 Å². The molecule has 0 saturated heterocycles. The standard InChI is InChI=1S/C31H26ClF2N3O2/c1-16-15-35-26(21-4-3-5-22(29(21)34)30(38)36-20-10-11-20)14-27(16)37-17(2)12-25(28(32)31(37)39)24-13-23(24)18-6-8-19(33)9-7-18/h3-9,12,14-15,20,23-24H,10-11,13H2,1-2H3,(H,36,38)/t23-,24+/m1/s1. The van der Waals surface area contributed by atoms with Gasteiger partial charge in [-0.25, -0.2) is 8.78 Å². The molecular formula is C31H26ClF2N3O2. The van der Waals surface area contributed by atoms with E-state index in [0.29, 0.717) is 22.6 Å². The number of nitrogens with zero attached hydrogens (tertiary/aromatic N) is 2. The Bertz CT molecular complexity index is 1680. The second-order valence-electron chi connectivity index (χ2n) is 10.5. The average Bonchev–Trinajstić information content (AvgIpc) is 3.84. The molecule has 0 spiro atoms. The van der Waals surface area contributed by atoms with Crippen molar-refractivity contribution in [1.82, 2.24) is 14.9 Å². The number of carbonyl (C=O) groups is 1. The van der Waals surface area contributed by atoms with Crippen LogP contribution < -0.4 is 10.9 Å². The molecule has 2 aromatic carbocycles. The van der Waals surface area contributed by atoms with Gasteiger partial charge in [-0.1, -0.05) is 29.8 Å². The molecule has 0 unspecified atom stereocenters. The molecule has 0 bridgehead atoms. The molecule has 1 N–H and O–H groups in total. The predicted octanol–water partition coefficient (Wildman–Crippen LogP) is 6.61. The predicted molar refractivity (Wildman–Crippen MR) is 147 cm³/mol. The van der Waals surface area contributed by atoms with Crippen molar-refractivity contribution in [2.45, 2.75) is 51.0 Å². The van der Waals surface area contributed by atoms with Gasteiger partial charge in [-0.05, 0) is 98.0 Å². The van der Waals surface area contributed by atoms with Crippen LogP contribution in [0, 0.1) is 25.5 Å². The number of aromatic nitrogens is 2. The molecular weight excluding hydrogens is 520 g/mol. The first-order valence-electron chi connectivity index (χ1n) is 13.0. The van der Waals surface area contributed by atoms with Gasteiger partial charge in [0, 0.05) is 23.5 Å². The first-order chi connectivity index (χ1) is 18.7. The molecule has 2 aromatic heterocycles. The van der Waals surface area contributed by atoms with Crippen molar-refractivity contribution < 1.29 is 13.6 Å². The molecule has 198 valence electrons. The summed E-state index contributed by atoms with van der Waals surface area (Å²) in [4.78, 5) is 30.5. The zero-order chi connectivity index (χ0) is 27.4. The molecule has 2 aliphatic carbocycles. The van der Waals surface area contributed by atoms with Gasteiger partial charge in [0.1, 0.15) is 16.7 Å². The van der Waals surface area contributed by atoms with Gasteiger partial charge >= 0.3 is 0 Å². The van der Waals surface area contributed by atoms with Crippen LogP contribution in [0.3, 0.4) is 0 Å². The van der Waals surface area contributed by atoms with Crippen LogP contribution in [0.5, 0.6) is 0 Å². The number of benzene rings is 2. The number of rotatable bonds is 6. The van der Waals surface area contributed by atoms with Crippen LogP contribution in [0.2, 0.25) is 5.02 Å². The van der Waals surface area contributed by atoms with E-state index in [1.807, 2.05) is 19.9 Å². The Labute approximate surface area is 229 Å². The zero-order valence-corrected chi connectivity index (χ0v) is 22.2. The van der Waals surface area contributed by atoms with Gasteiger partial charge in [0.25, 0.3) is 11.5 Å². The Morgan fingerprint density at radius 1 is 1.05 bits per heavy atom. The lowest BCUT2D eigenvalue weighted by molar-refractivity contribution is 0.0947. The summed E-state index contributed by atoms with van der Waals surface area (Å²) in [5.74, 6) is -1.13. The second kappa shape index (κ2) is 9.72. The third-order valence-corrected chi connectivity index (χ3v) is 7.98. The Kier molecular flexibility index (Phi) is 6.34. The van der Waals surface area contributed by atoms with Crippen molar-refractivity contribution in [2.75, 3.05) is 0 Å². The number of hydrogen-bond acceptors (Lipinski definition) is 3. The van der Waals surface area contributed by atoms with E-state index in [4.69, 9.17) is 11.6 Å². The molecule has 39 heavy (non-hydrogen) atoms. The molecule has 6 rings (SSSR count). The third kappa shape index (κ3) is 4.76. The van der Waals surface area contributed by atoms with E-state index in [1.54, 1.807) is 36.5 Å². The van der Waals surface area contributed by atoms with Gasteiger partial charge in [0.05, 0.1) is 16.9 Å². The monoisotopic (exact) mass is 545 g/mol. The highest BCUT2D eigenvalue weighted by Crippen LogP contribution is 2.55. The molecule has 1 amide bonds. The summed E-state index contributed by atoms with van der Waals surface area (Å²) >= 11 is 6.66. The van der Waals surface area contributed by atoms with Crippen LogP contribution >= 0.6 is 11.6 Å². The number of aryl methyl sites for hydroxylation is 2. The topological polar surface area (TPSA) is 64.0 Å². The first-order valence-corrected chi connectivity index (χ1v) is 13.3. The maximum Gasteiger partial charge on any atom is 0.274 e. The van der Waals surface area contributed by atoms with Crippen molar-refractivity contribution in [1.29, 1.82) is 0 Å². The number of pyridine rings is 2. The molecule has 4 aromatic rings. The summed E-state index contributed by atoms with van der Waals surface area (Å²) in [7, 11) is 0. The summed E-state index contributed by atoms with van der Waals surface area (Å²) < 4.78 is 30.3. The molecule has 2 aliphatic rings. The summed E-state index contributed by atoms with van der Waals surface area (Å²) in [6.45, 7) is 3.65. The Balaban J connectivity index is 1.36. The molecule has 5 nitrogen and oxygen atoms in total. The minimum Gasteiger partial charge on any atom is -0.349 e. The summed E-state index contributed by atoms with van der Waals surface area (Å²) in [5.41, 5.74) is 3.80. The average molecular weight is 546 g/mol. The Hall–Kier alpha value is -3.84. The quantitative estimate of drug-likeness (QED) is 0.296. The fourth-order valence-corrected chi connectivity index (χ4v) is 5.50. The van der Waals surface area contributed by atoms with Gasteiger partial charge in [-0.15, -0.1) is 0 Å². The number of halogens is 3. The largest absolute Gasteiger partial charge is 0.349 e. The smallest absolute Gasteiger partial charge is 0.274 e. The van der Waals surface area contributed by atoms with E-state index in [2.05, 4.69) is 10.3 Å². The highest BCUT2D eigenvalue weighted by atomic mass is 35.5. The lowest BCUT2D eigenvalue weighted by atomic mass is 10.0. The molecule has 2 saturated carbocycles. The van der Waals surface area contributed by atoms with Crippen LogP contribution in [-0.2, 0) is 0 Å². The number of nitrogens with one attached hydrogen (secondary N) is 1. The van der Waals surface area contributed by atoms with Crippen LogP contribution in [0.25, 0.3) is 16.9 Å². The molecule has 8 heteroatoms. The van der Waals surface area contributed by atoms with Crippen molar-refractivity contribution >= 4 is 17.5 Å². The van der Waals surface area contributed by atoms with E-state index >= 15 is 4.39 Å². The van der Waals surface area contributed by atoms with E-state index in [-0.39, 0.29) is 45.4 Å². The van der Waals surface area contributed by atoms with Gasteiger partial charge in [0.15, 0.2) is 0 Å². The van der Waals surface area contributed by atoms with Gasteiger partial charge in [-0.2, -0.15) is 0 Å². The highest BCUT2D eigenvalue weighted by molar-refractivity contribution is 6.31. The molecule has 2 heterocycles. The maximum absolute atomic E-state index is 15.5. The SMILES string of the molecule is Cc1cnc(-c2cccc(C(=O)NC3CC3)c2F)cc1-n1c(C)cc([C@H]2C[C@@H]2c2ccc(F)cc2)c(Cl)c1=O. The third-order valence-electron chi connectivity index (χ3n) is 7.60. The molecule has 2 fully saturated rings. The van der Waals surface area contributed by atoms with E-state index in [9.17, 15) is 14.0 Å². The molecule has 0 radical (unpaired) electrons. The summed E-state index contributed by atoms with van der Waals surface area (Å²) in [6, 6.07) is 14.7. The Morgan fingerprint density at radius 2 is 1.79 bits per heavy atom. The lowest BCUT2D eigenvalue weighted by Gasteiger charge is -2.17. The summed E-state index contributed by atoms with van der Waals surface area (Å²) in [6.07, 6.45) is 4.22. The molecule has 0 aliphatic heterocycles. The fourth-order valence-electron chi connectivity index (χ4n) is 5.22. The summed E-state index contributed by atoms with van der Waals surface area (Å²) in [5, 5.41) is 2.95. The molecule has 2 atom stereocenters. The van der Waals surface area contributed by atoms with Crippen LogP contribution in [0.4, 0.5) is 8.78 Å². The van der Waals surface area contributed by atoms with Crippen molar-refractivity contribution in [3.05, 3.63) is 116 Å². The second-order valence-corrected chi connectivity index (χ2v) is 10.8. The number of carbonyl (C=O) groups excluding carboxylic acids is 1. The number of hydrogen-bond donors (Lipinski definition) is 1. The lowest BCUT2D eigenvalue weighted by Crippen LogP contribution is -2.26. The zero-order valence-electron chi connectivity index (χ0n) is 21.5. The fraction of sp³-hybridized carbons (Fsp3) is 0.258. The maximum atomic E-state index is 15.5. The van der Waals surface area contributed by atoms with Crippen molar-refractivity contribution in [3.63, 3.8) is 0 Å². The van der Waals surface area contributed by atoms with E-state index < -0.39 is 11.7 Å². The van der Waals surface area contributed by atoms with Crippen molar-refractivity contribution in [3.8, 4) is 16.9 Å². The first kappa shape index (κ1) is 25.4. The van der Waals surface area contributed by atoms with Crippen molar-refractivity contribution in [2.24, 2.45) is 0 Å². The van der Waals surface area contributed by atoms with Gasteiger partial charge in [-0.3, -0.25) is 19.1 Å². The van der Waals surface area contributed by atoms with E-state index in [1.165, 1.54) is 22.8 Å². The normalized spacial score (nSPS) is 18.2. The van der Waals surface area contributed by atoms with Gasteiger partial charge in [0.2, 0.25) is 0 Å². The minimum absolute atomic E-state index is 0.0378. The van der Waals surface area contributed by atoms with Gasteiger partial charge < -0.3 is 5.32 Å². The van der Waals surface area contributed by atoms with E-state index in [0.717, 1.165) is 30.4 Å². The minimum atomic E-state index is -0.657. The highest BCUT2D eigenvalue weighted by Gasteiger charge is 2.41.